The van der Waals surface area contributed by atoms with Gasteiger partial charge in [0.2, 0.25) is 0 Å². The van der Waals surface area contributed by atoms with E-state index in [1.807, 2.05) is 0 Å². The molecule has 0 spiro atoms. The Bertz CT molecular complexity index is 467. The van der Waals surface area contributed by atoms with Gasteiger partial charge in [-0.25, -0.2) is 4.39 Å². The molecule has 0 radical (unpaired) electrons. The first kappa shape index (κ1) is 16.2. The Balaban J connectivity index is 1.93. The quantitative estimate of drug-likeness (QED) is 0.748. The van der Waals surface area contributed by atoms with Gasteiger partial charge < -0.3 is 4.74 Å². The molecule has 0 saturated heterocycles. The molecule has 0 bridgehead atoms. The fraction of sp³-hybridized carbons (Fsp3) is 0.611. The molecule has 1 fully saturated rings. The third-order valence-electron chi connectivity index (χ3n) is 4.56. The van der Waals surface area contributed by atoms with Crippen molar-refractivity contribution in [2.45, 2.75) is 46.1 Å². The summed E-state index contributed by atoms with van der Waals surface area (Å²) in [6.07, 6.45) is 3.61. The third-order valence-corrected chi connectivity index (χ3v) is 4.56. The van der Waals surface area contributed by atoms with Crippen molar-refractivity contribution in [1.29, 1.82) is 0 Å². The number of benzene rings is 1. The summed E-state index contributed by atoms with van der Waals surface area (Å²) in [4.78, 5) is 12.1. The molecule has 3 heteroatoms. The van der Waals surface area contributed by atoms with E-state index < -0.39 is 0 Å². The van der Waals surface area contributed by atoms with Crippen molar-refractivity contribution in [3.63, 3.8) is 0 Å². The summed E-state index contributed by atoms with van der Waals surface area (Å²) in [6, 6.07) is 5.66. The number of rotatable bonds is 5. The zero-order chi connectivity index (χ0) is 15.4. The molecular weight excluding hydrogens is 267 g/mol. The van der Waals surface area contributed by atoms with Gasteiger partial charge in [-0.1, -0.05) is 27.2 Å². The Kier molecular flexibility index (Phi) is 5.51. The molecule has 2 rings (SSSR count). The van der Waals surface area contributed by atoms with Crippen LogP contribution < -0.4 is 0 Å². The number of ether oxygens (including phenoxy) is 1. The van der Waals surface area contributed by atoms with Gasteiger partial charge in [0, 0.05) is 5.56 Å². The molecule has 0 N–H and O–H groups in total. The lowest BCUT2D eigenvalue weighted by Crippen LogP contribution is -2.35. The van der Waals surface area contributed by atoms with E-state index >= 15 is 0 Å². The molecule has 1 saturated carbocycles. The van der Waals surface area contributed by atoms with Crippen molar-refractivity contribution in [3.05, 3.63) is 35.6 Å². The van der Waals surface area contributed by atoms with Gasteiger partial charge in [-0.05, 0) is 54.9 Å². The zero-order valence-corrected chi connectivity index (χ0v) is 13.1. The van der Waals surface area contributed by atoms with Crippen molar-refractivity contribution in [3.8, 4) is 0 Å². The maximum Gasteiger partial charge on any atom is 0.188 e. The second kappa shape index (κ2) is 7.17. The number of halogens is 1. The molecule has 1 aromatic carbocycles. The van der Waals surface area contributed by atoms with Crippen molar-refractivity contribution in [1.82, 2.24) is 0 Å². The molecular formula is C18H25FO2. The first-order valence-corrected chi connectivity index (χ1v) is 7.87. The average Bonchev–Trinajstić information content (AvgIpc) is 2.45. The van der Waals surface area contributed by atoms with Gasteiger partial charge >= 0.3 is 0 Å². The minimum Gasteiger partial charge on any atom is -0.370 e. The van der Waals surface area contributed by atoms with Crippen LogP contribution in [0.2, 0.25) is 0 Å². The first-order chi connectivity index (χ1) is 9.97. The minimum absolute atomic E-state index is 0.0734. The summed E-state index contributed by atoms with van der Waals surface area (Å²) >= 11 is 0. The molecule has 1 aromatic rings. The van der Waals surface area contributed by atoms with Gasteiger partial charge in [0.25, 0.3) is 0 Å². The van der Waals surface area contributed by atoms with E-state index in [1.165, 1.54) is 37.1 Å². The topological polar surface area (TPSA) is 26.3 Å². The van der Waals surface area contributed by atoms with Gasteiger partial charge in [-0.3, -0.25) is 4.79 Å². The molecule has 2 nitrogen and oxygen atoms in total. The van der Waals surface area contributed by atoms with Crippen LogP contribution in [0.3, 0.4) is 0 Å². The number of carbonyl (C=O) groups is 1. The molecule has 0 aromatic heterocycles. The largest absolute Gasteiger partial charge is 0.370 e. The molecule has 0 heterocycles. The fourth-order valence-electron chi connectivity index (χ4n) is 3.21. The van der Waals surface area contributed by atoms with Gasteiger partial charge in [-0.15, -0.1) is 0 Å². The van der Waals surface area contributed by atoms with Crippen molar-refractivity contribution < 1.29 is 13.9 Å². The third kappa shape index (κ3) is 4.37. The number of hydrogen-bond acceptors (Lipinski definition) is 2. The number of hydrogen-bond donors (Lipinski definition) is 0. The fourth-order valence-corrected chi connectivity index (χ4v) is 3.21. The van der Waals surface area contributed by atoms with Gasteiger partial charge in [0.15, 0.2) is 5.78 Å². The summed E-state index contributed by atoms with van der Waals surface area (Å²) in [6.45, 7) is 6.78. The van der Waals surface area contributed by atoms with Crippen LogP contribution in [0.1, 0.15) is 50.4 Å². The lowest BCUT2D eigenvalue weighted by molar-refractivity contribution is -0.0309. The van der Waals surface area contributed by atoms with E-state index in [0.29, 0.717) is 23.3 Å². The van der Waals surface area contributed by atoms with Crippen LogP contribution in [0.15, 0.2) is 24.3 Å². The van der Waals surface area contributed by atoms with Crippen molar-refractivity contribution in [2.75, 3.05) is 6.61 Å². The molecule has 1 aliphatic carbocycles. The molecule has 3 unspecified atom stereocenters. The normalized spacial score (nSPS) is 26.0. The molecule has 0 aliphatic heterocycles. The molecule has 3 atom stereocenters. The van der Waals surface area contributed by atoms with Crippen LogP contribution in [-0.2, 0) is 4.74 Å². The van der Waals surface area contributed by atoms with Crippen LogP contribution in [0, 0.1) is 23.6 Å². The first-order valence-electron chi connectivity index (χ1n) is 7.87. The Labute approximate surface area is 126 Å². The maximum absolute atomic E-state index is 12.9. The van der Waals surface area contributed by atoms with Crippen molar-refractivity contribution in [2.24, 2.45) is 17.8 Å². The second-order valence-electron chi connectivity index (χ2n) is 6.61. The van der Waals surface area contributed by atoms with Crippen LogP contribution in [0.4, 0.5) is 4.39 Å². The van der Waals surface area contributed by atoms with E-state index in [4.69, 9.17) is 4.74 Å². The smallest absolute Gasteiger partial charge is 0.188 e. The Morgan fingerprint density at radius 1 is 1.29 bits per heavy atom. The molecule has 0 amide bonds. The Hall–Kier alpha value is -1.22. The van der Waals surface area contributed by atoms with Crippen LogP contribution >= 0.6 is 0 Å². The molecule has 21 heavy (non-hydrogen) atoms. The lowest BCUT2D eigenvalue weighted by atomic mass is 9.75. The summed E-state index contributed by atoms with van der Waals surface area (Å²) in [7, 11) is 0. The predicted octanol–water partition coefficient (Wildman–Crippen LogP) is 4.49. The zero-order valence-electron chi connectivity index (χ0n) is 13.1. The lowest BCUT2D eigenvalue weighted by Gasteiger charge is -2.37. The highest BCUT2D eigenvalue weighted by Gasteiger charge is 2.31. The molecule has 1 aliphatic rings. The summed E-state index contributed by atoms with van der Waals surface area (Å²) in [5.74, 6) is 1.36. The summed E-state index contributed by atoms with van der Waals surface area (Å²) < 4.78 is 18.8. The van der Waals surface area contributed by atoms with Crippen LogP contribution in [-0.4, -0.2) is 18.5 Å². The van der Waals surface area contributed by atoms with Crippen molar-refractivity contribution >= 4 is 5.78 Å². The highest BCUT2D eigenvalue weighted by atomic mass is 19.1. The predicted molar refractivity (Wildman–Crippen MR) is 81.8 cm³/mol. The number of Topliss-reactive ketones (excluding diaryl/α,β-unsaturated/α-hetero) is 1. The standard InChI is InChI=1S/C18H25FO2/c1-12(2)16-9-4-13(3)10-18(16)21-11-17(20)14-5-7-15(19)8-6-14/h5-8,12-13,16,18H,4,9-11H2,1-3H3. The Morgan fingerprint density at radius 2 is 1.95 bits per heavy atom. The second-order valence-corrected chi connectivity index (χ2v) is 6.61. The minimum atomic E-state index is -0.326. The van der Waals surface area contributed by atoms with E-state index in [1.54, 1.807) is 0 Å². The van der Waals surface area contributed by atoms with E-state index in [-0.39, 0.29) is 24.3 Å². The van der Waals surface area contributed by atoms with Gasteiger partial charge in [-0.2, -0.15) is 0 Å². The van der Waals surface area contributed by atoms with Crippen LogP contribution in [0.25, 0.3) is 0 Å². The maximum atomic E-state index is 12.9. The summed E-state index contributed by atoms with van der Waals surface area (Å²) in [5.41, 5.74) is 0.515. The monoisotopic (exact) mass is 292 g/mol. The summed E-state index contributed by atoms with van der Waals surface area (Å²) in [5, 5.41) is 0. The number of ketones is 1. The highest BCUT2D eigenvalue weighted by molar-refractivity contribution is 5.97. The molecule has 116 valence electrons. The average molecular weight is 292 g/mol. The van der Waals surface area contributed by atoms with E-state index in [2.05, 4.69) is 20.8 Å². The van der Waals surface area contributed by atoms with Gasteiger partial charge in [0.05, 0.1) is 6.10 Å². The van der Waals surface area contributed by atoms with E-state index in [9.17, 15) is 9.18 Å². The number of carbonyl (C=O) groups excluding carboxylic acids is 1. The Morgan fingerprint density at radius 3 is 2.57 bits per heavy atom. The van der Waals surface area contributed by atoms with E-state index in [0.717, 1.165) is 6.42 Å². The van der Waals surface area contributed by atoms with Crippen LogP contribution in [0.5, 0.6) is 0 Å². The van der Waals surface area contributed by atoms with Gasteiger partial charge in [0.1, 0.15) is 12.4 Å². The SMILES string of the molecule is CC1CCC(C(C)C)C(OCC(=O)c2ccc(F)cc2)C1. The highest BCUT2D eigenvalue weighted by Crippen LogP contribution is 2.35.